The van der Waals surface area contributed by atoms with Crippen LogP contribution in [0.2, 0.25) is 0 Å². The molecule has 0 fully saturated rings. The number of nitrogens with two attached hydrogens (primary N) is 1. The quantitative estimate of drug-likeness (QED) is 0.782. The van der Waals surface area contributed by atoms with Crippen molar-refractivity contribution in [3.8, 4) is 0 Å². The maximum absolute atomic E-state index is 9.43. The smallest absolute Gasteiger partial charge is 0.110 e. The Hall–Kier alpha value is -0.390. The van der Waals surface area contributed by atoms with Crippen molar-refractivity contribution < 1.29 is 5.11 Å². The van der Waals surface area contributed by atoms with E-state index < -0.39 is 6.10 Å². The lowest BCUT2D eigenvalue weighted by Gasteiger charge is -2.03. The molecule has 1 rings (SSSR count). The molecule has 1 unspecified atom stereocenters. The Morgan fingerprint density at radius 3 is 2.67 bits per heavy atom. The molecule has 12 heavy (non-hydrogen) atoms. The molecule has 0 amide bonds. The van der Waals surface area contributed by atoms with Gasteiger partial charge in [0.05, 0.1) is 5.69 Å². The van der Waals surface area contributed by atoms with E-state index in [1.165, 1.54) is 0 Å². The molecule has 0 radical (unpaired) electrons. The van der Waals surface area contributed by atoms with Gasteiger partial charge in [0.15, 0.2) is 0 Å². The van der Waals surface area contributed by atoms with E-state index in [4.69, 9.17) is 5.73 Å². The number of hydrogen-bond acceptors (Lipinski definition) is 3. The van der Waals surface area contributed by atoms with E-state index in [2.05, 4.69) is 21.0 Å². The number of aliphatic hydroxyl groups is 1. The average molecular weight is 234 g/mol. The Morgan fingerprint density at radius 1 is 1.75 bits per heavy atom. The number of nitrogens with zero attached hydrogens (tertiary/aromatic N) is 2. The number of hydrogen-bond donors (Lipinski definition) is 2. The molecule has 1 heterocycles. The molecule has 5 heteroatoms. The van der Waals surface area contributed by atoms with Crippen molar-refractivity contribution >= 4 is 15.9 Å². The van der Waals surface area contributed by atoms with E-state index in [1.807, 2.05) is 14.0 Å². The molecule has 0 spiro atoms. The van der Waals surface area contributed by atoms with Crippen molar-refractivity contribution in [1.29, 1.82) is 0 Å². The van der Waals surface area contributed by atoms with Crippen LogP contribution in [0.4, 0.5) is 0 Å². The third-order valence-electron chi connectivity index (χ3n) is 1.77. The first-order valence-electron chi connectivity index (χ1n) is 3.65. The molecule has 4 nitrogen and oxygen atoms in total. The standard InChI is InChI=1S/C7H12BrN3O/c1-4-6(5(12)3-9)10-11(2)7(4)8/h5,12H,3,9H2,1-2H3. The molecule has 0 saturated heterocycles. The fourth-order valence-corrected chi connectivity index (χ4v) is 1.34. The first kappa shape index (κ1) is 9.70. The summed E-state index contributed by atoms with van der Waals surface area (Å²) in [5.74, 6) is 0. The third kappa shape index (κ3) is 1.53. The Kier molecular flexibility index (Phi) is 2.87. The van der Waals surface area contributed by atoms with E-state index in [9.17, 15) is 5.11 Å². The topological polar surface area (TPSA) is 64.1 Å². The summed E-state index contributed by atoms with van der Waals surface area (Å²) in [5.41, 5.74) is 6.90. The van der Waals surface area contributed by atoms with Crippen molar-refractivity contribution in [2.24, 2.45) is 12.8 Å². The van der Waals surface area contributed by atoms with Crippen LogP contribution in [0.15, 0.2) is 4.60 Å². The van der Waals surface area contributed by atoms with Crippen LogP contribution < -0.4 is 5.73 Å². The summed E-state index contributed by atoms with van der Waals surface area (Å²) in [6.45, 7) is 2.09. The summed E-state index contributed by atoms with van der Waals surface area (Å²) < 4.78 is 2.55. The number of aliphatic hydroxyl groups excluding tert-OH is 1. The summed E-state index contributed by atoms with van der Waals surface area (Å²) in [6, 6.07) is 0. The Bertz CT molecular complexity index is 284. The minimum Gasteiger partial charge on any atom is -0.385 e. The van der Waals surface area contributed by atoms with Crippen molar-refractivity contribution in [3.63, 3.8) is 0 Å². The number of halogens is 1. The van der Waals surface area contributed by atoms with Gasteiger partial charge < -0.3 is 10.8 Å². The lowest BCUT2D eigenvalue weighted by molar-refractivity contribution is 0.180. The van der Waals surface area contributed by atoms with Crippen LogP contribution in [0.25, 0.3) is 0 Å². The molecule has 0 bridgehead atoms. The summed E-state index contributed by atoms with van der Waals surface area (Å²) in [4.78, 5) is 0. The highest BCUT2D eigenvalue weighted by molar-refractivity contribution is 9.10. The van der Waals surface area contributed by atoms with Gasteiger partial charge in [0.2, 0.25) is 0 Å². The van der Waals surface area contributed by atoms with Gasteiger partial charge in [0.1, 0.15) is 10.7 Å². The first-order valence-corrected chi connectivity index (χ1v) is 4.44. The minimum absolute atomic E-state index is 0.199. The molecule has 1 atom stereocenters. The van der Waals surface area contributed by atoms with Crippen LogP contribution in [0.5, 0.6) is 0 Å². The Morgan fingerprint density at radius 2 is 2.33 bits per heavy atom. The van der Waals surface area contributed by atoms with Crippen molar-refractivity contribution in [2.45, 2.75) is 13.0 Å². The third-order valence-corrected chi connectivity index (χ3v) is 2.88. The molecule has 0 aliphatic rings. The fourth-order valence-electron chi connectivity index (χ4n) is 1.06. The van der Waals surface area contributed by atoms with Crippen LogP contribution in [0.1, 0.15) is 17.4 Å². The average Bonchev–Trinajstić information content (AvgIpc) is 2.32. The zero-order chi connectivity index (χ0) is 9.30. The van der Waals surface area contributed by atoms with Gasteiger partial charge in [0, 0.05) is 19.2 Å². The minimum atomic E-state index is -0.664. The van der Waals surface area contributed by atoms with Gasteiger partial charge in [-0.15, -0.1) is 0 Å². The van der Waals surface area contributed by atoms with Gasteiger partial charge in [-0.25, -0.2) is 0 Å². The van der Waals surface area contributed by atoms with Crippen LogP contribution in [-0.2, 0) is 7.05 Å². The van der Waals surface area contributed by atoms with Gasteiger partial charge in [0.25, 0.3) is 0 Å². The molecular formula is C7H12BrN3O. The Labute approximate surface area is 79.5 Å². The van der Waals surface area contributed by atoms with Crippen molar-refractivity contribution in [1.82, 2.24) is 9.78 Å². The first-order chi connectivity index (χ1) is 5.57. The maximum atomic E-state index is 9.43. The number of aromatic nitrogens is 2. The SMILES string of the molecule is Cc1c(C(O)CN)nn(C)c1Br. The largest absolute Gasteiger partial charge is 0.385 e. The van der Waals surface area contributed by atoms with Crippen LogP contribution in [0.3, 0.4) is 0 Å². The van der Waals surface area contributed by atoms with Gasteiger partial charge in [-0.3, -0.25) is 4.68 Å². The van der Waals surface area contributed by atoms with Gasteiger partial charge in [-0.2, -0.15) is 5.10 Å². The summed E-state index contributed by atoms with van der Waals surface area (Å²) in [7, 11) is 1.81. The second-order valence-corrected chi connectivity index (χ2v) is 3.43. The van der Waals surface area contributed by atoms with Crippen molar-refractivity contribution in [3.05, 3.63) is 15.9 Å². The van der Waals surface area contributed by atoms with E-state index in [-0.39, 0.29) is 6.54 Å². The summed E-state index contributed by atoms with van der Waals surface area (Å²) in [6.07, 6.45) is -0.664. The van der Waals surface area contributed by atoms with E-state index in [1.54, 1.807) is 4.68 Å². The van der Waals surface area contributed by atoms with Crippen molar-refractivity contribution in [2.75, 3.05) is 6.54 Å². The fraction of sp³-hybridized carbons (Fsp3) is 0.571. The molecule has 3 N–H and O–H groups in total. The number of aryl methyl sites for hydroxylation is 1. The molecular weight excluding hydrogens is 222 g/mol. The van der Waals surface area contributed by atoms with E-state index in [0.29, 0.717) is 5.69 Å². The predicted molar refractivity (Wildman–Crippen MR) is 49.7 cm³/mol. The second kappa shape index (κ2) is 3.55. The maximum Gasteiger partial charge on any atom is 0.110 e. The predicted octanol–water partition coefficient (Wildman–Crippen LogP) is 0.483. The van der Waals surface area contributed by atoms with Crippen LogP contribution in [0, 0.1) is 6.92 Å². The molecule has 0 aliphatic heterocycles. The zero-order valence-electron chi connectivity index (χ0n) is 7.08. The number of rotatable bonds is 2. The summed E-state index contributed by atoms with van der Waals surface area (Å²) >= 11 is 3.35. The van der Waals surface area contributed by atoms with Crippen LogP contribution in [-0.4, -0.2) is 21.4 Å². The normalized spacial score (nSPS) is 13.4. The molecule has 1 aromatic heterocycles. The Balaban J connectivity index is 3.08. The highest BCUT2D eigenvalue weighted by Crippen LogP contribution is 2.22. The van der Waals surface area contributed by atoms with E-state index in [0.717, 1.165) is 10.2 Å². The summed E-state index contributed by atoms with van der Waals surface area (Å²) in [5, 5.41) is 13.5. The van der Waals surface area contributed by atoms with Gasteiger partial charge in [-0.05, 0) is 22.9 Å². The molecule has 0 aliphatic carbocycles. The highest BCUT2D eigenvalue weighted by Gasteiger charge is 2.15. The molecule has 0 saturated carbocycles. The van der Waals surface area contributed by atoms with Gasteiger partial charge >= 0.3 is 0 Å². The molecule has 68 valence electrons. The monoisotopic (exact) mass is 233 g/mol. The van der Waals surface area contributed by atoms with Crippen LogP contribution >= 0.6 is 15.9 Å². The zero-order valence-corrected chi connectivity index (χ0v) is 8.67. The highest BCUT2D eigenvalue weighted by atomic mass is 79.9. The molecule has 0 aromatic carbocycles. The second-order valence-electron chi connectivity index (χ2n) is 2.68. The lowest BCUT2D eigenvalue weighted by Crippen LogP contribution is -2.13. The molecule has 1 aromatic rings. The van der Waals surface area contributed by atoms with Gasteiger partial charge in [-0.1, -0.05) is 0 Å². The van der Waals surface area contributed by atoms with E-state index >= 15 is 0 Å². The lowest BCUT2D eigenvalue weighted by atomic mass is 10.2.